The second kappa shape index (κ2) is 5.52. The van der Waals surface area contributed by atoms with Crippen LogP contribution in [0.3, 0.4) is 0 Å². The minimum Gasteiger partial charge on any atom is -0.396 e. The van der Waals surface area contributed by atoms with E-state index >= 15 is 0 Å². The molecule has 3 saturated carbocycles. The van der Waals surface area contributed by atoms with E-state index in [2.05, 4.69) is 6.58 Å². The Labute approximate surface area is 150 Å². The van der Waals surface area contributed by atoms with Gasteiger partial charge in [0.15, 0.2) is 0 Å². The molecule has 6 atom stereocenters. The van der Waals surface area contributed by atoms with Crippen LogP contribution in [0.25, 0.3) is 0 Å². The van der Waals surface area contributed by atoms with Gasteiger partial charge in [0.05, 0.1) is 34.9 Å². The zero-order chi connectivity index (χ0) is 18.9. The van der Waals surface area contributed by atoms with Gasteiger partial charge in [-0.25, -0.2) is 0 Å². The average molecular weight is 354 g/mol. The quantitative estimate of drug-likeness (QED) is 0.484. The zero-order valence-corrected chi connectivity index (χ0v) is 15.8. The molecular formula is C20H34O5. The lowest BCUT2D eigenvalue weighted by atomic mass is 9.55. The maximum Gasteiger partial charge on any atom is 0.0990 e. The van der Waals surface area contributed by atoms with Crippen molar-refractivity contribution in [2.75, 3.05) is 6.61 Å². The van der Waals surface area contributed by atoms with Crippen LogP contribution in [0.5, 0.6) is 0 Å². The van der Waals surface area contributed by atoms with Crippen molar-refractivity contribution in [2.45, 2.75) is 88.6 Å². The summed E-state index contributed by atoms with van der Waals surface area (Å²) in [6.07, 6.45) is 1.86. The van der Waals surface area contributed by atoms with E-state index in [9.17, 15) is 25.5 Å². The van der Waals surface area contributed by atoms with Crippen molar-refractivity contribution in [3.8, 4) is 0 Å². The van der Waals surface area contributed by atoms with Crippen LogP contribution in [-0.4, -0.2) is 55.0 Å². The lowest BCUT2D eigenvalue weighted by Gasteiger charge is -2.54. The number of aliphatic hydroxyl groups excluding tert-OH is 2. The van der Waals surface area contributed by atoms with Gasteiger partial charge in [0.25, 0.3) is 0 Å². The Hall–Kier alpha value is -0.460. The Morgan fingerprint density at radius 2 is 1.76 bits per heavy atom. The van der Waals surface area contributed by atoms with Crippen LogP contribution < -0.4 is 0 Å². The normalized spacial score (nSPS) is 53.5. The number of hydrogen-bond acceptors (Lipinski definition) is 5. The highest BCUT2D eigenvalue weighted by Gasteiger charge is 2.72. The molecule has 3 fully saturated rings. The van der Waals surface area contributed by atoms with Gasteiger partial charge in [0.2, 0.25) is 0 Å². The molecule has 5 N–H and O–H groups in total. The third-order valence-corrected chi connectivity index (χ3v) is 8.35. The number of aliphatic hydroxyl groups is 5. The van der Waals surface area contributed by atoms with Crippen LogP contribution in [0.1, 0.15) is 65.7 Å². The fourth-order valence-electron chi connectivity index (χ4n) is 6.30. The summed E-state index contributed by atoms with van der Waals surface area (Å²) in [5.74, 6) is -0.132. The van der Waals surface area contributed by atoms with Gasteiger partial charge in [0.1, 0.15) is 0 Å². The smallest absolute Gasteiger partial charge is 0.0990 e. The molecule has 0 aliphatic heterocycles. The van der Waals surface area contributed by atoms with Gasteiger partial charge in [0, 0.05) is 5.41 Å². The lowest BCUT2D eigenvalue weighted by molar-refractivity contribution is -0.202. The van der Waals surface area contributed by atoms with E-state index in [1.165, 1.54) is 0 Å². The van der Waals surface area contributed by atoms with Crippen molar-refractivity contribution in [2.24, 2.45) is 16.7 Å². The Kier molecular flexibility index (Phi) is 4.26. The van der Waals surface area contributed by atoms with Crippen LogP contribution in [0, 0.1) is 16.7 Å². The fraction of sp³-hybridized carbons (Fsp3) is 0.900. The highest BCUT2D eigenvalue weighted by atomic mass is 16.4. The van der Waals surface area contributed by atoms with Crippen molar-refractivity contribution in [3.63, 3.8) is 0 Å². The van der Waals surface area contributed by atoms with Crippen LogP contribution in [0.4, 0.5) is 0 Å². The topological polar surface area (TPSA) is 101 Å². The van der Waals surface area contributed by atoms with Gasteiger partial charge in [-0.05, 0) is 56.4 Å². The number of hydrogen-bond donors (Lipinski definition) is 5. The minimum atomic E-state index is -1.44. The predicted molar refractivity (Wildman–Crippen MR) is 94.8 cm³/mol. The lowest BCUT2D eigenvalue weighted by Crippen LogP contribution is -2.62. The summed E-state index contributed by atoms with van der Waals surface area (Å²) in [5, 5.41) is 55.7. The van der Waals surface area contributed by atoms with E-state index in [1.54, 1.807) is 0 Å². The largest absolute Gasteiger partial charge is 0.396 e. The highest BCUT2D eigenvalue weighted by Crippen LogP contribution is 2.67. The zero-order valence-electron chi connectivity index (χ0n) is 15.8. The van der Waals surface area contributed by atoms with E-state index in [0.29, 0.717) is 31.3 Å². The molecule has 0 radical (unpaired) electrons. The summed E-state index contributed by atoms with van der Waals surface area (Å²) in [7, 11) is 0. The van der Waals surface area contributed by atoms with E-state index < -0.39 is 33.7 Å². The molecule has 5 nitrogen and oxygen atoms in total. The van der Waals surface area contributed by atoms with Crippen LogP contribution in [-0.2, 0) is 0 Å². The molecule has 5 heteroatoms. The van der Waals surface area contributed by atoms with E-state index in [-0.39, 0.29) is 31.8 Å². The summed E-state index contributed by atoms with van der Waals surface area (Å²) in [5.41, 5.74) is -5.28. The van der Waals surface area contributed by atoms with Gasteiger partial charge < -0.3 is 25.5 Å². The highest BCUT2D eigenvalue weighted by molar-refractivity contribution is 5.31. The summed E-state index contributed by atoms with van der Waals surface area (Å²) in [6, 6.07) is 0. The maximum absolute atomic E-state index is 11.7. The second-order valence-corrected chi connectivity index (χ2v) is 9.51. The first-order chi connectivity index (χ1) is 11.4. The van der Waals surface area contributed by atoms with Crippen molar-refractivity contribution in [1.82, 2.24) is 0 Å². The number of fused-ring (bicyclic) bond motifs is 2. The summed E-state index contributed by atoms with van der Waals surface area (Å²) < 4.78 is 0. The molecule has 3 rings (SSSR count). The standard InChI is InChI=1S/C20H34O5/c1-13(2)18(23)9-7-16(4)11-19(24)14(3)5-6-15(22)17(19,12-21)8-10-20(16,18)25/h13,15,21-25H,3,5-12H2,1-2,4H3. The molecule has 144 valence electrons. The van der Waals surface area contributed by atoms with Crippen LogP contribution >= 0.6 is 0 Å². The molecule has 0 aromatic carbocycles. The van der Waals surface area contributed by atoms with Gasteiger partial charge >= 0.3 is 0 Å². The molecule has 0 aromatic heterocycles. The minimum absolute atomic E-state index is 0.132. The second-order valence-electron chi connectivity index (χ2n) is 9.51. The monoisotopic (exact) mass is 354 g/mol. The molecule has 0 saturated heterocycles. The van der Waals surface area contributed by atoms with Gasteiger partial charge in [-0.2, -0.15) is 0 Å². The first-order valence-corrected chi connectivity index (χ1v) is 9.57. The molecule has 25 heavy (non-hydrogen) atoms. The first kappa shape index (κ1) is 19.3. The molecule has 3 aliphatic carbocycles. The molecular weight excluding hydrogens is 320 g/mol. The predicted octanol–water partition coefficient (Wildman–Crippen LogP) is 1.51. The van der Waals surface area contributed by atoms with Crippen LogP contribution in [0.2, 0.25) is 0 Å². The summed E-state index contributed by atoms with van der Waals surface area (Å²) in [4.78, 5) is 0. The third kappa shape index (κ3) is 2.08. The summed E-state index contributed by atoms with van der Waals surface area (Å²) in [6.45, 7) is 9.44. The third-order valence-electron chi connectivity index (χ3n) is 8.35. The molecule has 0 amide bonds. The Morgan fingerprint density at radius 1 is 1.12 bits per heavy atom. The van der Waals surface area contributed by atoms with E-state index in [4.69, 9.17) is 0 Å². The Bertz CT molecular complexity index is 576. The molecule has 0 aromatic rings. The Balaban J connectivity index is 2.16. The van der Waals surface area contributed by atoms with Crippen LogP contribution in [0.15, 0.2) is 12.2 Å². The van der Waals surface area contributed by atoms with Crippen molar-refractivity contribution in [3.05, 3.63) is 12.2 Å². The molecule has 3 aliphatic rings. The average Bonchev–Trinajstić information content (AvgIpc) is 2.69. The van der Waals surface area contributed by atoms with Crippen molar-refractivity contribution in [1.29, 1.82) is 0 Å². The summed E-state index contributed by atoms with van der Waals surface area (Å²) >= 11 is 0. The van der Waals surface area contributed by atoms with Gasteiger partial charge in [-0.15, -0.1) is 0 Å². The van der Waals surface area contributed by atoms with Gasteiger partial charge in [-0.3, -0.25) is 0 Å². The Morgan fingerprint density at radius 3 is 2.32 bits per heavy atom. The first-order valence-electron chi connectivity index (χ1n) is 9.57. The molecule has 6 unspecified atom stereocenters. The van der Waals surface area contributed by atoms with Gasteiger partial charge in [-0.1, -0.05) is 27.4 Å². The maximum atomic E-state index is 11.7. The fourth-order valence-corrected chi connectivity index (χ4v) is 6.30. The molecule has 0 heterocycles. The number of rotatable bonds is 2. The SMILES string of the molecule is C=C1CCC(O)C2(CO)CCC3(O)C(C)(CCC3(O)C(C)C)CC12O. The van der Waals surface area contributed by atoms with E-state index in [1.807, 2.05) is 20.8 Å². The molecule has 0 bridgehead atoms. The van der Waals surface area contributed by atoms with E-state index in [0.717, 1.165) is 0 Å². The van der Waals surface area contributed by atoms with Crippen molar-refractivity contribution >= 4 is 0 Å². The van der Waals surface area contributed by atoms with Crippen molar-refractivity contribution < 1.29 is 25.5 Å². The molecule has 0 spiro atoms.